The molecule has 0 aliphatic carbocycles. The smallest absolute Gasteiger partial charge is 0.251 e. The summed E-state index contributed by atoms with van der Waals surface area (Å²) in [5, 5.41) is 2.89. The van der Waals surface area contributed by atoms with Gasteiger partial charge in [0.05, 0.1) is 13.7 Å². The first-order valence-electron chi connectivity index (χ1n) is 9.42. The van der Waals surface area contributed by atoms with Crippen LogP contribution in [-0.4, -0.2) is 44.2 Å². The average Bonchev–Trinajstić information content (AvgIpc) is 2.72. The second-order valence-electron chi connectivity index (χ2n) is 6.85. The molecule has 1 aliphatic rings. The predicted molar refractivity (Wildman–Crippen MR) is 106 cm³/mol. The molecule has 2 heterocycles. The van der Waals surface area contributed by atoms with Gasteiger partial charge in [0, 0.05) is 24.8 Å². The van der Waals surface area contributed by atoms with Crippen molar-refractivity contribution in [1.29, 1.82) is 0 Å². The van der Waals surface area contributed by atoms with Gasteiger partial charge in [-0.25, -0.2) is 4.98 Å². The van der Waals surface area contributed by atoms with Gasteiger partial charge in [0.1, 0.15) is 23.9 Å². The van der Waals surface area contributed by atoms with Crippen molar-refractivity contribution in [2.24, 2.45) is 5.92 Å². The fourth-order valence-corrected chi connectivity index (χ4v) is 3.08. The molecule has 0 bridgehead atoms. The van der Waals surface area contributed by atoms with Crippen molar-refractivity contribution in [2.45, 2.75) is 19.8 Å². The second-order valence-corrected chi connectivity index (χ2v) is 6.85. The number of hydrogen-bond acceptors (Lipinski definition) is 5. The summed E-state index contributed by atoms with van der Waals surface area (Å²) in [6.07, 6.45) is 4.04. The molecule has 0 saturated carbocycles. The van der Waals surface area contributed by atoms with E-state index in [1.807, 2.05) is 30.3 Å². The van der Waals surface area contributed by atoms with Crippen molar-refractivity contribution < 1.29 is 14.3 Å². The molecule has 0 atom stereocenters. The van der Waals surface area contributed by atoms with Crippen LogP contribution in [0.3, 0.4) is 0 Å². The van der Waals surface area contributed by atoms with E-state index in [0.29, 0.717) is 18.7 Å². The number of aromatic nitrogens is 1. The number of carbonyl (C=O) groups excluding carboxylic acids is 1. The largest absolute Gasteiger partial charge is 0.497 e. The Balaban J connectivity index is 1.47. The molecule has 6 heteroatoms. The Kier molecular flexibility index (Phi) is 6.52. The summed E-state index contributed by atoms with van der Waals surface area (Å²) in [4.78, 5) is 19.1. The van der Waals surface area contributed by atoms with Crippen LogP contribution in [0.25, 0.3) is 0 Å². The van der Waals surface area contributed by atoms with E-state index >= 15 is 0 Å². The molecule has 3 rings (SSSR count). The second kappa shape index (κ2) is 9.26. The maximum atomic E-state index is 12.4. The number of rotatable bonds is 7. The lowest BCUT2D eigenvalue weighted by molar-refractivity contribution is 0.0947. The molecule has 6 nitrogen and oxygen atoms in total. The van der Waals surface area contributed by atoms with E-state index in [1.54, 1.807) is 19.4 Å². The molecule has 1 N–H and O–H groups in total. The lowest BCUT2D eigenvalue weighted by atomic mass is 9.99. The number of amides is 1. The summed E-state index contributed by atoms with van der Waals surface area (Å²) in [5.74, 6) is 3.06. The summed E-state index contributed by atoms with van der Waals surface area (Å²) >= 11 is 0. The average molecular weight is 369 g/mol. The standard InChI is InChI=1S/C21H27N3O3/c1-16-8-12-24(13-9-16)20-15-17(7-10-22-20)21(25)23-11-14-27-19-5-3-18(26-2)4-6-19/h3-7,10,15-16H,8-9,11-14H2,1-2H3,(H,23,25). The number of hydrogen-bond donors (Lipinski definition) is 1. The summed E-state index contributed by atoms with van der Waals surface area (Å²) in [6, 6.07) is 11.0. The topological polar surface area (TPSA) is 63.7 Å². The van der Waals surface area contributed by atoms with Crippen LogP contribution in [0.5, 0.6) is 11.5 Å². The normalized spacial score (nSPS) is 14.7. The number of pyridine rings is 1. The van der Waals surface area contributed by atoms with Crippen LogP contribution in [0.2, 0.25) is 0 Å². The zero-order valence-electron chi connectivity index (χ0n) is 16.0. The molecule has 27 heavy (non-hydrogen) atoms. The van der Waals surface area contributed by atoms with Gasteiger partial charge in [-0.15, -0.1) is 0 Å². The monoisotopic (exact) mass is 369 g/mol. The van der Waals surface area contributed by atoms with Gasteiger partial charge in [0.2, 0.25) is 0 Å². The third-order valence-corrected chi connectivity index (χ3v) is 4.83. The molecule has 2 aromatic rings. The van der Waals surface area contributed by atoms with Crippen molar-refractivity contribution in [3.8, 4) is 11.5 Å². The van der Waals surface area contributed by atoms with Crippen molar-refractivity contribution in [1.82, 2.24) is 10.3 Å². The van der Waals surface area contributed by atoms with Gasteiger partial charge in [-0.2, -0.15) is 0 Å². The van der Waals surface area contributed by atoms with Crippen LogP contribution in [0, 0.1) is 5.92 Å². The Labute approximate surface area is 160 Å². The maximum Gasteiger partial charge on any atom is 0.251 e. The maximum absolute atomic E-state index is 12.4. The first-order chi connectivity index (χ1) is 13.2. The Morgan fingerprint density at radius 1 is 1.19 bits per heavy atom. The SMILES string of the molecule is COc1ccc(OCCNC(=O)c2ccnc(N3CCC(C)CC3)c2)cc1. The van der Waals surface area contributed by atoms with Gasteiger partial charge in [-0.1, -0.05) is 6.92 Å². The minimum Gasteiger partial charge on any atom is -0.497 e. The molecular weight excluding hydrogens is 342 g/mol. The molecule has 0 spiro atoms. The van der Waals surface area contributed by atoms with Crippen LogP contribution in [0.1, 0.15) is 30.1 Å². The summed E-state index contributed by atoms with van der Waals surface area (Å²) < 4.78 is 10.7. The van der Waals surface area contributed by atoms with Gasteiger partial charge in [-0.3, -0.25) is 4.79 Å². The summed E-state index contributed by atoms with van der Waals surface area (Å²) in [6.45, 7) is 5.11. The molecule has 1 saturated heterocycles. The van der Waals surface area contributed by atoms with E-state index in [9.17, 15) is 4.79 Å². The lowest BCUT2D eigenvalue weighted by Gasteiger charge is -2.31. The first kappa shape index (κ1) is 19.0. The number of piperidine rings is 1. The number of anilines is 1. The first-order valence-corrected chi connectivity index (χ1v) is 9.42. The number of ether oxygens (including phenoxy) is 2. The zero-order valence-corrected chi connectivity index (χ0v) is 16.0. The molecule has 1 aromatic heterocycles. The molecule has 1 amide bonds. The minimum atomic E-state index is -0.109. The fraction of sp³-hybridized carbons (Fsp3) is 0.429. The Morgan fingerprint density at radius 2 is 1.89 bits per heavy atom. The Hall–Kier alpha value is -2.76. The molecule has 1 fully saturated rings. The number of nitrogens with one attached hydrogen (secondary N) is 1. The molecule has 0 radical (unpaired) electrons. The van der Waals surface area contributed by atoms with Crippen LogP contribution in [0.15, 0.2) is 42.6 Å². The van der Waals surface area contributed by atoms with Gasteiger partial charge in [0.25, 0.3) is 5.91 Å². The summed E-state index contributed by atoms with van der Waals surface area (Å²) in [7, 11) is 1.63. The predicted octanol–water partition coefficient (Wildman–Crippen LogP) is 3.14. The van der Waals surface area contributed by atoms with Crippen LogP contribution < -0.4 is 19.7 Å². The van der Waals surface area contributed by atoms with E-state index < -0.39 is 0 Å². The van der Waals surface area contributed by atoms with Gasteiger partial charge in [0.15, 0.2) is 0 Å². The third-order valence-electron chi connectivity index (χ3n) is 4.83. The number of nitrogens with zero attached hydrogens (tertiary/aromatic N) is 2. The van der Waals surface area contributed by atoms with Crippen molar-refractivity contribution in [3.05, 3.63) is 48.2 Å². The van der Waals surface area contributed by atoms with E-state index in [1.165, 1.54) is 12.8 Å². The van der Waals surface area contributed by atoms with E-state index in [2.05, 4.69) is 22.1 Å². The lowest BCUT2D eigenvalue weighted by Crippen LogP contribution is -2.34. The van der Waals surface area contributed by atoms with E-state index in [-0.39, 0.29) is 5.91 Å². The third kappa shape index (κ3) is 5.36. The van der Waals surface area contributed by atoms with Gasteiger partial charge < -0.3 is 19.7 Å². The van der Waals surface area contributed by atoms with Crippen molar-refractivity contribution in [3.63, 3.8) is 0 Å². The zero-order chi connectivity index (χ0) is 19.1. The van der Waals surface area contributed by atoms with Crippen LogP contribution in [-0.2, 0) is 0 Å². The number of benzene rings is 1. The summed E-state index contributed by atoms with van der Waals surface area (Å²) in [5.41, 5.74) is 0.628. The highest BCUT2D eigenvalue weighted by Crippen LogP contribution is 2.22. The fourth-order valence-electron chi connectivity index (χ4n) is 3.08. The minimum absolute atomic E-state index is 0.109. The molecule has 1 aliphatic heterocycles. The number of methoxy groups -OCH3 is 1. The van der Waals surface area contributed by atoms with E-state index in [0.717, 1.165) is 36.3 Å². The van der Waals surface area contributed by atoms with Crippen LogP contribution >= 0.6 is 0 Å². The van der Waals surface area contributed by atoms with E-state index in [4.69, 9.17) is 9.47 Å². The number of carbonyl (C=O) groups is 1. The highest BCUT2D eigenvalue weighted by Gasteiger charge is 2.18. The Bertz CT molecular complexity index is 741. The molecule has 1 aromatic carbocycles. The quantitative estimate of drug-likeness (QED) is 0.760. The van der Waals surface area contributed by atoms with Gasteiger partial charge >= 0.3 is 0 Å². The highest BCUT2D eigenvalue weighted by molar-refractivity contribution is 5.94. The molecule has 144 valence electrons. The molecule has 0 unspecified atom stereocenters. The van der Waals surface area contributed by atoms with Crippen molar-refractivity contribution >= 4 is 11.7 Å². The Morgan fingerprint density at radius 3 is 2.59 bits per heavy atom. The van der Waals surface area contributed by atoms with Gasteiger partial charge in [-0.05, 0) is 55.2 Å². The van der Waals surface area contributed by atoms with Crippen LogP contribution in [0.4, 0.5) is 5.82 Å². The van der Waals surface area contributed by atoms with Crippen molar-refractivity contribution in [2.75, 3.05) is 38.3 Å². The molecular formula is C21H27N3O3. The highest BCUT2D eigenvalue weighted by atomic mass is 16.5.